The minimum atomic E-state index is 0.514. The van der Waals surface area contributed by atoms with Gasteiger partial charge in [0, 0.05) is 6.04 Å². The Bertz CT molecular complexity index is 381. The SMILES string of the molecule is CCCNC(CC(CC)CC)c1c(C)cc(C)cc1C. The van der Waals surface area contributed by atoms with Gasteiger partial charge in [-0.1, -0.05) is 51.3 Å². The molecule has 0 spiro atoms. The van der Waals surface area contributed by atoms with Gasteiger partial charge in [-0.15, -0.1) is 0 Å². The lowest BCUT2D eigenvalue weighted by molar-refractivity contribution is 0.370. The molecule has 0 saturated carbocycles. The minimum Gasteiger partial charge on any atom is -0.310 e. The average molecular weight is 275 g/mol. The summed E-state index contributed by atoms with van der Waals surface area (Å²) in [7, 11) is 0. The molecule has 1 N–H and O–H groups in total. The molecule has 1 heteroatoms. The predicted molar refractivity (Wildman–Crippen MR) is 90.4 cm³/mol. The molecule has 0 aliphatic carbocycles. The number of rotatable bonds is 8. The number of hydrogen-bond acceptors (Lipinski definition) is 1. The lowest BCUT2D eigenvalue weighted by Crippen LogP contribution is -2.26. The molecular weight excluding hydrogens is 242 g/mol. The number of nitrogens with one attached hydrogen (secondary N) is 1. The number of hydrogen-bond donors (Lipinski definition) is 1. The zero-order valence-corrected chi connectivity index (χ0v) is 14.3. The van der Waals surface area contributed by atoms with E-state index in [9.17, 15) is 0 Å². The van der Waals surface area contributed by atoms with Crippen molar-refractivity contribution in [2.24, 2.45) is 5.92 Å². The summed E-state index contributed by atoms with van der Waals surface area (Å²) in [4.78, 5) is 0. The van der Waals surface area contributed by atoms with Crippen LogP contribution < -0.4 is 5.32 Å². The third-order valence-electron chi connectivity index (χ3n) is 4.45. The summed E-state index contributed by atoms with van der Waals surface area (Å²) in [5.74, 6) is 0.824. The highest BCUT2D eigenvalue weighted by atomic mass is 14.9. The van der Waals surface area contributed by atoms with Crippen molar-refractivity contribution in [2.75, 3.05) is 6.54 Å². The van der Waals surface area contributed by atoms with Crippen molar-refractivity contribution in [1.29, 1.82) is 0 Å². The van der Waals surface area contributed by atoms with Crippen LogP contribution in [-0.4, -0.2) is 6.54 Å². The molecule has 0 aliphatic heterocycles. The molecule has 0 fully saturated rings. The zero-order chi connectivity index (χ0) is 15.1. The van der Waals surface area contributed by atoms with E-state index in [0.29, 0.717) is 6.04 Å². The molecule has 1 unspecified atom stereocenters. The van der Waals surface area contributed by atoms with Gasteiger partial charge in [-0.2, -0.15) is 0 Å². The predicted octanol–water partition coefficient (Wildman–Crippen LogP) is 5.48. The molecule has 0 aromatic heterocycles. The van der Waals surface area contributed by atoms with Crippen molar-refractivity contribution in [3.63, 3.8) is 0 Å². The maximum absolute atomic E-state index is 3.79. The highest BCUT2D eigenvalue weighted by Crippen LogP contribution is 2.30. The van der Waals surface area contributed by atoms with Gasteiger partial charge in [-0.05, 0) is 62.8 Å². The third-order valence-corrected chi connectivity index (χ3v) is 4.45. The van der Waals surface area contributed by atoms with Crippen LogP contribution in [0.15, 0.2) is 12.1 Å². The fourth-order valence-electron chi connectivity index (χ4n) is 3.32. The van der Waals surface area contributed by atoms with Crippen LogP contribution in [0.4, 0.5) is 0 Å². The Labute approximate surface area is 126 Å². The molecule has 0 saturated heterocycles. The highest BCUT2D eigenvalue weighted by molar-refractivity contribution is 5.39. The van der Waals surface area contributed by atoms with E-state index < -0.39 is 0 Å². The molecule has 1 aromatic rings. The molecule has 20 heavy (non-hydrogen) atoms. The molecule has 0 heterocycles. The van der Waals surface area contributed by atoms with Crippen LogP contribution in [0.5, 0.6) is 0 Å². The first kappa shape index (κ1) is 17.2. The van der Waals surface area contributed by atoms with Gasteiger partial charge >= 0.3 is 0 Å². The lowest BCUT2D eigenvalue weighted by Gasteiger charge is -2.27. The van der Waals surface area contributed by atoms with Crippen LogP contribution >= 0.6 is 0 Å². The van der Waals surface area contributed by atoms with Crippen LogP contribution in [0.1, 0.15) is 74.8 Å². The Kier molecular flexibility index (Phi) is 7.29. The highest BCUT2D eigenvalue weighted by Gasteiger charge is 2.19. The van der Waals surface area contributed by atoms with E-state index in [-0.39, 0.29) is 0 Å². The summed E-state index contributed by atoms with van der Waals surface area (Å²) < 4.78 is 0. The monoisotopic (exact) mass is 275 g/mol. The molecule has 0 aliphatic rings. The van der Waals surface area contributed by atoms with Gasteiger partial charge in [0.25, 0.3) is 0 Å². The van der Waals surface area contributed by atoms with E-state index in [4.69, 9.17) is 0 Å². The Balaban J connectivity index is 3.03. The van der Waals surface area contributed by atoms with E-state index in [0.717, 1.165) is 12.5 Å². The first-order valence-corrected chi connectivity index (χ1v) is 8.34. The van der Waals surface area contributed by atoms with Gasteiger partial charge in [0.1, 0.15) is 0 Å². The molecule has 1 aromatic carbocycles. The standard InChI is InChI=1S/C19H33N/c1-7-10-20-18(13-17(8-2)9-3)19-15(5)11-14(4)12-16(19)6/h11-12,17-18,20H,7-10,13H2,1-6H3. The molecule has 0 amide bonds. The second-order valence-corrected chi connectivity index (χ2v) is 6.24. The minimum absolute atomic E-state index is 0.514. The first-order chi connectivity index (χ1) is 9.53. The Morgan fingerprint density at radius 3 is 1.95 bits per heavy atom. The Morgan fingerprint density at radius 1 is 0.950 bits per heavy atom. The molecule has 114 valence electrons. The maximum Gasteiger partial charge on any atom is 0.0328 e. The Morgan fingerprint density at radius 2 is 1.50 bits per heavy atom. The fraction of sp³-hybridized carbons (Fsp3) is 0.684. The summed E-state index contributed by atoms with van der Waals surface area (Å²) in [6.07, 6.45) is 5.02. The van der Waals surface area contributed by atoms with Gasteiger partial charge in [-0.3, -0.25) is 0 Å². The lowest BCUT2D eigenvalue weighted by atomic mass is 9.86. The van der Waals surface area contributed by atoms with Crippen molar-refractivity contribution >= 4 is 0 Å². The Hall–Kier alpha value is -0.820. The molecule has 0 radical (unpaired) electrons. The fourth-order valence-corrected chi connectivity index (χ4v) is 3.32. The largest absolute Gasteiger partial charge is 0.310 e. The van der Waals surface area contributed by atoms with Crippen LogP contribution in [-0.2, 0) is 0 Å². The normalized spacial score (nSPS) is 12.9. The maximum atomic E-state index is 3.79. The van der Waals surface area contributed by atoms with Crippen molar-refractivity contribution < 1.29 is 0 Å². The van der Waals surface area contributed by atoms with Crippen molar-refractivity contribution in [3.8, 4) is 0 Å². The van der Waals surface area contributed by atoms with Crippen molar-refractivity contribution in [1.82, 2.24) is 5.32 Å². The van der Waals surface area contributed by atoms with Gasteiger partial charge in [-0.25, -0.2) is 0 Å². The quantitative estimate of drug-likeness (QED) is 0.662. The molecule has 0 bridgehead atoms. The summed E-state index contributed by atoms with van der Waals surface area (Å²) >= 11 is 0. The van der Waals surface area contributed by atoms with Gasteiger partial charge in [0.05, 0.1) is 0 Å². The average Bonchev–Trinajstić information content (AvgIpc) is 2.40. The first-order valence-electron chi connectivity index (χ1n) is 8.34. The van der Waals surface area contributed by atoms with Gasteiger partial charge in [0.15, 0.2) is 0 Å². The van der Waals surface area contributed by atoms with E-state index >= 15 is 0 Å². The van der Waals surface area contributed by atoms with Crippen LogP contribution in [0.3, 0.4) is 0 Å². The summed E-state index contributed by atoms with van der Waals surface area (Å²) in [6, 6.07) is 5.17. The van der Waals surface area contributed by atoms with Gasteiger partial charge in [0.2, 0.25) is 0 Å². The van der Waals surface area contributed by atoms with Crippen molar-refractivity contribution in [2.45, 2.75) is 73.3 Å². The van der Waals surface area contributed by atoms with E-state index in [1.165, 1.54) is 47.9 Å². The topological polar surface area (TPSA) is 12.0 Å². The van der Waals surface area contributed by atoms with Crippen molar-refractivity contribution in [3.05, 3.63) is 34.4 Å². The third kappa shape index (κ3) is 4.63. The van der Waals surface area contributed by atoms with E-state index in [2.05, 4.69) is 59.0 Å². The summed E-state index contributed by atoms with van der Waals surface area (Å²) in [6.45, 7) is 14.7. The smallest absolute Gasteiger partial charge is 0.0328 e. The molecular formula is C19H33N. The zero-order valence-electron chi connectivity index (χ0n) is 14.3. The molecule has 1 nitrogen and oxygen atoms in total. The molecule has 1 atom stereocenters. The number of aryl methyl sites for hydroxylation is 3. The summed E-state index contributed by atoms with van der Waals surface area (Å²) in [5.41, 5.74) is 5.81. The van der Waals surface area contributed by atoms with Gasteiger partial charge < -0.3 is 5.32 Å². The van der Waals surface area contributed by atoms with Crippen LogP contribution in [0.2, 0.25) is 0 Å². The second kappa shape index (κ2) is 8.46. The summed E-state index contributed by atoms with van der Waals surface area (Å²) in [5, 5.41) is 3.79. The number of benzene rings is 1. The van der Waals surface area contributed by atoms with Crippen LogP contribution in [0.25, 0.3) is 0 Å². The van der Waals surface area contributed by atoms with E-state index in [1.54, 1.807) is 0 Å². The van der Waals surface area contributed by atoms with Crippen LogP contribution in [0, 0.1) is 26.7 Å². The second-order valence-electron chi connectivity index (χ2n) is 6.24. The molecule has 1 rings (SSSR count). The van der Waals surface area contributed by atoms with E-state index in [1.807, 2.05) is 0 Å².